The summed E-state index contributed by atoms with van der Waals surface area (Å²) in [5, 5.41) is 9.75. The van der Waals surface area contributed by atoms with E-state index in [2.05, 4.69) is 16.9 Å². The van der Waals surface area contributed by atoms with E-state index in [0.29, 0.717) is 5.56 Å². The first-order chi connectivity index (χ1) is 13.6. The molecule has 2 aliphatic heterocycles. The van der Waals surface area contributed by atoms with Crippen molar-refractivity contribution in [2.75, 3.05) is 0 Å². The second-order valence-corrected chi connectivity index (χ2v) is 6.58. The lowest BCUT2D eigenvalue weighted by molar-refractivity contribution is -0.0511. The molecule has 4 atom stereocenters. The molecular formula is C20H18F2N4O2. The van der Waals surface area contributed by atoms with E-state index in [1.165, 1.54) is 6.07 Å². The van der Waals surface area contributed by atoms with Gasteiger partial charge in [0.2, 0.25) is 5.88 Å². The molecule has 1 saturated heterocycles. The minimum absolute atomic E-state index is 0.0161. The van der Waals surface area contributed by atoms with Crippen LogP contribution in [0, 0.1) is 17.2 Å². The minimum Gasteiger partial charge on any atom is -0.458 e. The quantitative estimate of drug-likeness (QED) is 0.751. The van der Waals surface area contributed by atoms with Crippen LogP contribution in [-0.4, -0.2) is 12.8 Å². The lowest BCUT2D eigenvalue weighted by Crippen LogP contribution is -2.41. The zero-order chi connectivity index (χ0) is 19.7. The summed E-state index contributed by atoms with van der Waals surface area (Å²) in [5.41, 5.74) is 13.9. The smallest absolute Gasteiger partial charge is 0.387 e. The van der Waals surface area contributed by atoms with Crippen molar-refractivity contribution in [3.05, 3.63) is 77.2 Å². The minimum atomic E-state index is -2.98. The van der Waals surface area contributed by atoms with Crippen molar-refractivity contribution in [1.82, 2.24) is 10.9 Å². The number of nitrogens with two attached hydrogens (primary N) is 1. The van der Waals surface area contributed by atoms with Crippen molar-refractivity contribution in [3.63, 3.8) is 0 Å². The predicted molar refractivity (Wildman–Crippen MR) is 96.5 cm³/mol. The van der Waals surface area contributed by atoms with Gasteiger partial charge in [0.05, 0.1) is 11.6 Å². The molecule has 2 heterocycles. The van der Waals surface area contributed by atoms with Crippen LogP contribution in [0.15, 0.2) is 66.1 Å². The van der Waals surface area contributed by atoms with Crippen molar-refractivity contribution in [2.24, 2.45) is 11.7 Å². The molecular weight excluding hydrogens is 366 g/mol. The number of ether oxygens (including phenoxy) is 2. The Kier molecular flexibility index (Phi) is 4.86. The first kappa shape index (κ1) is 18.2. The molecule has 2 aromatic rings. The molecule has 4 unspecified atom stereocenters. The van der Waals surface area contributed by atoms with Crippen LogP contribution in [0.25, 0.3) is 0 Å². The zero-order valence-corrected chi connectivity index (χ0v) is 14.7. The largest absolute Gasteiger partial charge is 0.458 e. The Labute approximate surface area is 160 Å². The second-order valence-electron chi connectivity index (χ2n) is 6.58. The highest BCUT2D eigenvalue weighted by molar-refractivity contribution is 5.48. The van der Waals surface area contributed by atoms with Gasteiger partial charge in [-0.3, -0.25) is 0 Å². The summed E-state index contributed by atoms with van der Waals surface area (Å²) in [6.07, 6.45) is -0.535. The fraction of sp³-hybridized carbons (Fsp3) is 0.250. The maximum Gasteiger partial charge on any atom is 0.387 e. The van der Waals surface area contributed by atoms with E-state index in [-0.39, 0.29) is 29.2 Å². The molecule has 4 rings (SSSR count). The van der Waals surface area contributed by atoms with Gasteiger partial charge in [0, 0.05) is 17.4 Å². The Balaban J connectivity index is 1.84. The van der Waals surface area contributed by atoms with Crippen LogP contribution in [0.3, 0.4) is 0 Å². The van der Waals surface area contributed by atoms with E-state index in [4.69, 9.17) is 15.2 Å². The first-order valence-electron chi connectivity index (χ1n) is 8.76. The molecule has 1 fully saturated rings. The van der Waals surface area contributed by atoms with Crippen LogP contribution in [0.5, 0.6) is 5.75 Å². The standard InChI is InChI=1S/C20H18F2N4O2/c21-20(22)27-14-9-5-4-8-12(14)15-13(10-23)18(24)28-19-16(15)17(25-26-19)11-6-2-1-3-7-11/h1-9,15-17,19-20,25-26H,24H2. The van der Waals surface area contributed by atoms with Gasteiger partial charge in [0.25, 0.3) is 0 Å². The van der Waals surface area contributed by atoms with E-state index >= 15 is 0 Å². The van der Waals surface area contributed by atoms with Crippen LogP contribution in [-0.2, 0) is 4.74 Å². The highest BCUT2D eigenvalue weighted by Gasteiger charge is 2.49. The number of para-hydroxylation sites is 1. The molecule has 4 N–H and O–H groups in total. The topological polar surface area (TPSA) is 92.3 Å². The Hall–Kier alpha value is -3.15. The maximum absolute atomic E-state index is 13.0. The fourth-order valence-electron chi connectivity index (χ4n) is 3.95. The first-order valence-corrected chi connectivity index (χ1v) is 8.76. The number of hydrogen-bond donors (Lipinski definition) is 3. The summed E-state index contributed by atoms with van der Waals surface area (Å²) in [6, 6.07) is 18.0. The van der Waals surface area contributed by atoms with Crippen molar-refractivity contribution < 1.29 is 18.3 Å². The van der Waals surface area contributed by atoms with Gasteiger partial charge in [0.15, 0.2) is 6.23 Å². The van der Waals surface area contributed by atoms with Crippen molar-refractivity contribution in [3.8, 4) is 11.8 Å². The van der Waals surface area contributed by atoms with Crippen LogP contribution >= 0.6 is 0 Å². The van der Waals surface area contributed by atoms with E-state index < -0.39 is 18.8 Å². The highest BCUT2D eigenvalue weighted by atomic mass is 19.3. The number of halogens is 2. The SMILES string of the molecule is N#CC1=C(N)OC2NNC(c3ccccc3)C2C1c1ccccc1OC(F)F. The van der Waals surface area contributed by atoms with Crippen LogP contribution in [0.4, 0.5) is 8.78 Å². The van der Waals surface area contributed by atoms with Gasteiger partial charge >= 0.3 is 6.61 Å². The monoisotopic (exact) mass is 384 g/mol. The van der Waals surface area contributed by atoms with Gasteiger partial charge < -0.3 is 15.2 Å². The second kappa shape index (κ2) is 7.46. The fourth-order valence-corrected chi connectivity index (χ4v) is 3.95. The van der Waals surface area contributed by atoms with Gasteiger partial charge in [-0.25, -0.2) is 10.9 Å². The third kappa shape index (κ3) is 3.15. The lowest BCUT2D eigenvalue weighted by atomic mass is 9.74. The summed E-state index contributed by atoms with van der Waals surface area (Å²) in [5.74, 6) is -0.913. The number of hydrazine groups is 1. The van der Waals surface area contributed by atoms with Gasteiger partial charge in [-0.15, -0.1) is 0 Å². The molecule has 0 aromatic heterocycles. The third-order valence-corrected chi connectivity index (χ3v) is 5.08. The summed E-state index contributed by atoms with van der Waals surface area (Å²) < 4.78 is 36.4. The molecule has 2 aliphatic rings. The number of fused-ring (bicyclic) bond motifs is 1. The van der Waals surface area contributed by atoms with Gasteiger partial charge in [-0.1, -0.05) is 48.5 Å². The molecule has 0 spiro atoms. The molecule has 0 saturated carbocycles. The highest BCUT2D eigenvalue weighted by Crippen LogP contribution is 2.49. The Bertz CT molecular complexity index is 929. The third-order valence-electron chi connectivity index (χ3n) is 5.08. The lowest BCUT2D eigenvalue weighted by Gasteiger charge is -2.36. The van der Waals surface area contributed by atoms with Crippen LogP contribution < -0.4 is 21.3 Å². The predicted octanol–water partition coefficient (Wildman–Crippen LogP) is 2.89. The van der Waals surface area contributed by atoms with Gasteiger partial charge in [0.1, 0.15) is 11.8 Å². The van der Waals surface area contributed by atoms with E-state index in [0.717, 1.165) is 5.56 Å². The molecule has 8 heteroatoms. The average molecular weight is 384 g/mol. The number of alkyl halides is 2. The number of nitriles is 1. The molecule has 0 radical (unpaired) electrons. The summed E-state index contributed by atoms with van der Waals surface area (Å²) in [7, 11) is 0. The average Bonchev–Trinajstić information content (AvgIpc) is 3.11. The van der Waals surface area contributed by atoms with Crippen molar-refractivity contribution in [1.29, 1.82) is 5.26 Å². The van der Waals surface area contributed by atoms with Crippen molar-refractivity contribution >= 4 is 0 Å². The Morgan fingerprint density at radius 3 is 2.50 bits per heavy atom. The molecule has 6 nitrogen and oxygen atoms in total. The number of benzene rings is 2. The summed E-state index contributed by atoms with van der Waals surface area (Å²) in [4.78, 5) is 0. The molecule has 2 aromatic carbocycles. The van der Waals surface area contributed by atoms with Gasteiger partial charge in [-0.2, -0.15) is 14.0 Å². The Morgan fingerprint density at radius 2 is 1.79 bits per heavy atom. The summed E-state index contributed by atoms with van der Waals surface area (Å²) in [6.45, 7) is -2.98. The molecule has 0 aliphatic carbocycles. The van der Waals surface area contributed by atoms with E-state index in [9.17, 15) is 14.0 Å². The molecule has 144 valence electrons. The number of nitrogens with one attached hydrogen (secondary N) is 2. The number of allylic oxidation sites excluding steroid dienone is 1. The number of rotatable bonds is 4. The molecule has 0 amide bonds. The number of hydrogen-bond acceptors (Lipinski definition) is 6. The van der Waals surface area contributed by atoms with Crippen LogP contribution in [0.1, 0.15) is 23.1 Å². The van der Waals surface area contributed by atoms with E-state index in [1.54, 1.807) is 18.2 Å². The normalized spacial score (nSPS) is 26.5. The molecule has 28 heavy (non-hydrogen) atoms. The Morgan fingerprint density at radius 1 is 1.07 bits per heavy atom. The van der Waals surface area contributed by atoms with Gasteiger partial charge in [-0.05, 0) is 11.6 Å². The van der Waals surface area contributed by atoms with E-state index in [1.807, 2.05) is 30.3 Å². The van der Waals surface area contributed by atoms with Crippen molar-refractivity contribution in [2.45, 2.75) is 24.8 Å². The van der Waals surface area contributed by atoms with Crippen LogP contribution in [0.2, 0.25) is 0 Å². The molecule has 0 bridgehead atoms. The number of nitrogens with zero attached hydrogens (tertiary/aromatic N) is 1. The maximum atomic E-state index is 13.0. The zero-order valence-electron chi connectivity index (χ0n) is 14.7. The summed E-state index contributed by atoms with van der Waals surface area (Å²) >= 11 is 0.